The van der Waals surface area contributed by atoms with Gasteiger partial charge in [-0.15, -0.1) is 0 Å². The first-order valence-electron chi connectivity index (χ1n) is 5.99. The molecule has 1 aliphatic rings. The third-order valence-electron chi connectivity index (χ3n) is 3.24. The van der Waals surface area contributed by atoms with Crippen LogP contribution in [0.1, 0.15) is 48.9 Å². The number of H-pyrrole nitrogens is 1. The largest absolute Gasteiger partial charge is 0.464 e. The number of nitrogens with zero attached hydrogens (tertiary/aromatic N) is 1. The fourth-order valence-corrected chi connectivity index (χ4v) is 2.44. The molecule has 0 aliphatic heterocycles. The van der Waals surface area contributed by atoms with Crippen LogP contribution < -0.4 is 0 Å². The summed E-state index contributed by atoms with van der Waals surface area (Å²) in [4.78, 5) is 18.7. The highest BCUT2D eigenvalue weighted by atomic mass is 16.5. The van der Waals surface area contributed by atoms with Crippen LogP contribution in [0.25, 0.3) is 0 Å². The van der Waals surface area contributed by atoms with Crippen LogP contribution in [0.5, 0.6) is 0 Å². The van der Waals surface area contributed by atoms with Crippen LogP contribution in [0, 0.1) is 0 Å². The Labute approximate surface area is 101 Å². The molecule has 1 N–H and O–H groups in total. The van der Waals surface area contributed by atoms with Gasteiger partial charge in [-0.2, -0.15) is 0 Å². The summed E-state index contributed by atoms with van der Waals surface area (Å²) in [5.74, 6) is 0.352. The minimum Gasteiger partial charge on any atom is -0.464 e. The fourth-order valence-electron chi connectivity index (χ4n) is 2.44. The Morgan fingerprint density at radius 3 is 2.82 bits per heavy atom. The maximum atomic E-state index is 11.4. The highest BCUT2D eigenvalue weighted by Gasteiger charge is 2.39. The van der Waals surface area contributed by atoms with E-state index < -0.39 is 5.97 Å². The third-order valence-corrected chi connectivity index (χ3v) is 3.24. The maximum Gasteiger partial charge on any atom is 0.356 e. The van der Waals surface area contributed by atoms with Crippen molar-refractivity contribution in [3.8, 4) is 0 Å². The van der Waals surface area contributed by atoms with Crippen molar-refractivity contribution in [2.45, 2.75) is 38.2 Å². The van der Waals surface area contributed by atoms with Crippen LogP contribution >= 0.6 is 0 Å². The molecule has 1 heterocycles. The summed E-state index contributed by atoms with van der Waals surface area (Å²) in [5.41, 5.74) is 0.0505. The highest BCUT2D eigenvalue weighted by Crippen LogP contribution is 2.40. The summed E-state index contributed by atoms with van der Waals surface area (Å²) < 4.78 is 10.5. The second-order valence-electron chi connectivity index (χ2n) is 4.27. The van der Waals surface area contributed by atoms with E-state index in [0.717, 1.165) is 31.5 Å². The van der Waals surface area contributed by atoms with Gasteiger partial charge in [0.1, 0.15) is 17.1 Å². The highest BCUT2D eigenvalue weighted by molar-refractivity contribution is 5.86. The van der Waals surface area contributed by atoms with Gasteiger partial charge >= 0.3 is 5.97 Å². The Bertz CT molecular complexity index is 394. The zero-order chi connectivity index (χ0) is 12.3. The molecule has 0 amide bonds. The molecule has 17 heavy (non-hydrogen) atoms. The number of hydrogen-bond acceptors (Lipinski definition) is 4. The lowest BCUT2D eigenvalue weighted by atomic mass is 10.0. The third kappa shape index (κ3) is 2.20. The van der Waals surface area contributed by atoms with E-state index in [1.54, 1.807) is 0 Å². The quantitative estimate of drug-likeness (QED) is 0.815. The van der Waals surface area contributed by atoms with Gasteiger partial charge in [0.25, 0.3) is 0 Å². The molecule has 0 radical (unpaired) electrons. The molecule has 0 unspecified atom stereocenters. The fraction of sp³-hybridized carbons (Fsp3) is 0.667. The van der Waals surface area contributed by atoms with E-state index in [9.17, 15) is 4.79 Å². The van der Waals surface area contributed by atoms with Crippen molar-refractivity contribution in [3.63, 3.8) is 0 Å². The summed E-state index contributed by atoms with van der Waals surface area (Å²) in [6.07, 6.45) is 5.69. The summed E-state index contributed by atoms with van der Waals surface area (Å²) in [6, 6.07) is 0. The molecule has 1 aliphatic carbocycles. The first-order chi connectivity index (χ1) is 8.22. The molecule has 5 heteroatoms. The molecule has 94 valence electrons. The number of aromatic nitrogens is 2. The number of rotatable bonds is 4. The number of imidazole rings is 1. The molecule has 1 fully saturated rings. The van der Waals surface area contributed by atoms with E-state index in [4.69, 9.17) is 4.74 Å². The SMILES string of the molecule is CCOC1(c2ncc(C(=O)OC)[nH]2)CCCC1. The summed E-state index contributed by atoms with van der Waals surface area (Å²) in [5, 5.41) is 0. The van der Waals surface area contributed by atoms with Crippen molar-refractivity contribution in [1.29, 1.82) is 0 Å². The van der Waals surface area contributed by atoms with Crippen molar-refractivity contribution < 1.29 is 14.3 Å². The Hall–Kier alpha value is -1.36. The second-order valence-corrected chi connectivity index (χ2v) is 4.27. The first-order valence-corrected chi connectivity index (χ1v) is 5.99. The summed E-state index contributed by atoms with van der Waals surface area (Å²) >= 11 is 0. The molecule has 0 spiro atoms. The van der Waals surface area contributed by atoms with E-state index in [2.05, 4.69) is 14.7 Å². The Morgan fingerprint density at radius 2 is 2.24 bits per heavy atom. The van der Waals surface area contributed by atoms with Crippen LogP contribution in [-0.2, 0) is 15.1 Å². The molecule has 1 aromatic heterocycles. The summed E-state index contributed by atoms with van der Waals surface area (Å²) in [7, 11) is 1.36. The molecule has 2 rings (SSSR count). The van der Waals surface area contributed by atoms with Crippen molar-refractivity contribution in [2.24, 2.45) is 0 Å². The number of carbonyl (C=O) groups excluding carboxylic acids is 1. The number of hydrogen-bond donors (Lipinski definition) is 1. The predicted molar refractivity (Wildman–Crippen MR) is 61.7 cm³/mol. The van der Waals surface area contributed by atoms with Crippen LogP contribution in [0.15, 0.2) is 6.20 Å². The number of methoxy groups -OCH3 is 1. The number of nitrogens with one attached hydrogen (secondary N) is 1. The van der Waals surface area contributed by atoms with Gasteiger partial charge in [-0.25, -0.2) is 9.78 Å². The number of carbonyl (C=O) groups is 1. The van der Waals surface area contributed by atoms with Gasteiger partial charge in [-0.3, -0.25) is 0 Å². The van der Waals surface area contributed by atoms with Gasteiger partial charge in [0, 0.05) is 6.61 Å². The van der Waals surface area contributed by atoms with Gasteiger partial charge in [0.15, 0.2) is 0 Å². The monoisotopic (exact) mass is 238 g/mol. The van der Waals surface area contributed by atoms with Crippen molar-refractivity contribution >= 4 is 5.97 Å². The molecule has 5 nitrogen and oxygen atoms in total. The average Bonchev–Trinajstić information content (AvgIpc) is 2.97. The molecule has 0 bridgehead atoms. The second kappa shape index (κ2) is 4.87. The van der Waals surface area contributed by atoms with Crippen LogP contribution in [0.4, 0.5) is 0 Å². The Morgan fingerprint density at radius 1 is 1.53 bits per heavy atom. The number of aromatic amines is 1. The molecular weight excluding hydrogens is 220 g/mol. The summed E-state index contributed by atoms with van der Waals surface area (Å²) in [6.45, 7) is 2.62. The molecule has 0 atom stereocenters. The first kappa shape index (κ1) is 12.1. The Balaban J connectivity index is 2.25. The van der Waals surface area contributed by atoms with E-state index in [1.807, 2.05) is 6.92 Å². The van der Waals surface area contributed by atoms with E-state index in [-0.39, 0.29) is 5.60 Å². The van der Waals surface area contributed by atoms with Crippen molar-refractivity contribution in [3.05, 3.63) is 17.7 Å². The zero-order valence-electron chi connectivity index (χ0n) is 10.3. The van der Waals surface area contributed by atoms with Crippen LogP contribution in [0.2, 0.25) is 0 Å². The molecule has 0 saturated heterocycles. The zero-order valence-corrected chi connectivity index (χ0v) is 10.3. The lowest BCUT2D eigenvalue weighted by molar-refractivity contribution is -0.0451. The normalized spacial score (nSPS) is 18.2. The Kier molecular flexibility index (Phi) is 3.47. The topological polar surface area (TPSA) is 64.2 Å². The lowest BCUT2D eigenvalue weighted by Crippen LogP contribution is -2.27. The maximum absolute atomic E-state index is 11.4. The predicted octanol–water partition coefficient (Wildman–Crippen LogP) is 2.00. The van der Waals surface area contributed by atoms with E-state index in [0.29, 0.717) is 12.3 Å². The van der Waals surface area contributed by atoms with Gasteiger partial charge in [-0.05, 0) is 32.6 Å². The van der Waals surface area contributed by atoms with E-state index >= 15 is 0 Å². The minimum absolute atomic E-state index is 0.332. The van der Waals surface area contributed by atoms with Crippen molar-refractivity contribution in [1.82, 2.24) is 9.97 Å². The molecule has 0 aromatic carbocycles. The van der Waals surface area contributed by atoms with E-state index in [1.165, 1.54) is 13.3 Å². The smallest absolute Gasteiger partial charge is 0.356 e. The number of ether oxygens (including phenoxy) is 2. The van der Waals surface area contributed by atoms with Gasteiger partial charge < -0.3 is 14.5 Å². The molecule has 1 saturated carbocycles. The number of esters is 1. The van der Waals surface area contributed by atoms with Gasteiger partial charge in [0.05, 0.1) is 13.3 Å². The standard InChI is InChI=1S/C12H18N2O3/c1-3-17-12(6-4-5-7-12)11-13-8-9(14-11)10(15)16-2/h8H,3-7H2,1-2H3,(H,13,14). The van der Waals surface area contributed by atoms with Crippen molar-refractivity contribution in [2.75, 3.05) is 13.7 Å². The molecular formula is C12H18N2O3. The van der Waals surface area contributed by atoms with Crippen LogP contribution in [-0.4, -0.2) is 29.7 Å². The minimum atomic E-state index is -0.395. The average molecular weight is 238 g/mol. The van der Waals surface area contributed by atoms with Gasteiger partial charge in [-0.1, -0.05) is 0 Å². The molecule has 1 aromatic rings. The van der Waals surface area contributed by atoms with Gasteiger partial charge in [0.2, 0.25) is 0 Å². The lowest BCUT2D eigenvalue weighted by Gasteiger charge is -2.26. The van der Waals surface area contributed by atoms with Crippen LogP contribution in [0.3, 0.4) is 0 Å².